The van der Waals surface area contributed by atoms with Crippen molar-refractivity contribution in [1.29, 1.82) is 0 Å². The lowest BCUT2D eigenvalue weighted by molar-refractivity contribution is 0.100. The zero-order valence-electron chi connectivity index (χ0n) is 16.5. The van der Waals surface area contributed by atoms with Gasteiger partial charge in [0.05, 0.1) is 12.8 Å². The number of methoxy groups -OCH3 is 1. The molecule has 1 heterocycles. The average molecular weight is 373 g/mol. The molecule has 0 aliphatic heterocycles. The van der Waals surface area contributed by atoms with Gasteiger partial charge in [-0.25, -0.2) is 0 Å². The van der Waals surface area contributed by atoms with E-state index in [2.05, 4.69) is 12.0 Å². The summed E-state index contributed by atoms with van der Waals surface area (Å²) in [7, 11) is 1.62. The van der Waals surface area contributed by atoms with Crippen molar-refractivity contribution in [2.45, 2.75) is 64.8 Å². The van der Waals surface area contributed by atoms with E-state index in [1.807, 2.05) is 28.9 Å². The minimum atomic E-state index is -0.555. The largest absolute Gasteiger partial charge is 0.497 e. The smallest absolute Gasteiger partial charge is 0.254 e. The van der Waals surface area contributed by atoms with E-state index in [0.717, 1.165) is 24.2 Å². The van der Waals surface area contributed by atoms with Gasteiger partial charge in [-0.05, 0) is 30.7 Å². The first-order valence-corrected chi connectivity index (χ1v) is 9.89. The van der Waals surface area contributed by atoms with Crippen LogP contribution in [0.25, 0.3) is 11.3 Å². The maximum Gasteiger partial charge on any atom is 0.254 e. The van der Waals surface area contributed by atoms with Crippen molar-refractivity contribution >= 4 is 11.7 Å². The Balaban J connectivity index is 2.05. The van der Waals surface area contributed by atoms with Crippen LogP contribution in [0.4, 0.5) is 5.82 Å². The Hall–Kier alpha value is -2.50. The quantitative estimate of drug-likeness (QED) is 0.540. The number of benzene rings is 1. The van der Waals surface area contributed by atoms with Crippen molar-refractivity contribution in [3.63, 3.8) is 0 Å². The summed E-state index contributed by atoms with van der Waals surface area (Å²) in [4.78, 5) is 11.9. The van der Waals surface area contributed by atoms with E-state index < -0.39 is 5.91 Å². The van der Waals surface area contributed by atoms with Crippen LogP contribution < -0.4 is 16.2 Å². The fraction of sp³-hybridized carbons (Fsp3) is 0.524. The number of amides is 1. The first-order chi connectivity index (χ1) is 13.1. The van der Waals surface area contributed by atoms with Gasteiger partial charge in [-0.1, -0.05) is 51.9 Å². The molecule has 0 aliphatic carbocycles. The number of hydrogen-bond donors (Lipinski definition) is 2. The van der Waals surface area contributed by atoms with Gasteiger partial charge in [0.1, 0.15) is 11.3 Å². The number of primary amides is 1. The van der Waals surface area contributed by atoms with Gasteiger partial charge < -0.3 is 16.2 Å². The van der Waals surface area contributed by atoms with Crippen LogP contribution in [0.1, 0.15) is 68.6 Å². The van der Waals surface area contributed by atoms with Gasteiger partial charge in [-0.3, -0.25) is 9.48 Å². The third-order valence-corrected chi connectivity index (χ3v) is 4.81. The summed E-state index contributed by atoms with van der Waals surface area (Å²) in [6, 6.07) is 7.49. The molecule has 6 nitrogen and oxygen atoms in total. The molecule has 0 bridgehead atoms. The average Bonchev–Trinajstić information content (AvgIpc) is 3.00. The van der Waals surface area contributed by atoms with Crippen molar-refractivity contribution in [2.24, 2.45) is 5.73 Å². The van der Waals surface area contributed by atoms with Gasteiger partial charge in [-0.15, -0.1) is 0 Å². The maximum atomic E-state index is 11.9. The van der Waals surface area contributed by atoms with Crippen LogP contribution in [-0.4, -0.2) is 22.8 Å². The van der Waals surface area contributed by atoms with Crippen LogP contribution in [0, 0.1) is 0 Å². The van der Waals surface area contributed by atoms with Crippen molar-refractivity contribution in [1.82, 2.24) is 9.78 Å². The summed E-state index contributed by atoms with van der Waals surface area (Å²) >= 11 is 0. The van der Waals surface area contributed by atoms with Crippen molar-refractivity contribution in [3.8, 4) is 17.0 Å². The van der Waals surface area contributed by atoms with E-state index in [0.29, 0.717) is 17.8 Å². The highest BCUT2D eigenvalue weighted by Crippen LogP contribution is 2.29. The number of anilines is 1. The van der Waals surface area contributed by atoms with E-state index in [1.165, 1.54) is 38.5 Å². The van der Waals surface area contributed by atoms with Gasteiger partial charge >= 0.3 is 0 Å². The molecule has 4 N–H and O–H groups in total. The molecule has 0 saturated carbocycles. The normalized spacial score (nSPS) is 10.9. The summed E-state index contributed by atoms with van der Waals surface area (Å²) < 4.78 is 7.02. The molecule has 148 valence electrons. The topological polar surface area (TPSA) is 96.2 Å². The molecule has 0 aliphatic rings. The van der Waals surface area contributed by atoms with Crippen LogP contribution in [0.15, 0.2) is 24.3 Å². The molecule has 0 fully saturated rings. The molecule has 1 aromatic heterocycles. The fourth-order valence-electron chi connectivity index (χ4n) is 3.32. The highest BCUT2D eigenvalue weighted by molar-refractivity contribution is 6.03. The number of rotatable bonds is 12. The van der Waals surface area contributed by atoms with Gasteiger partial charge in [-0.2, -0.15) is 5.10 Å². The molecule has 27 heavy (non-hydrogen) atoms. The fourth-order valence-corrected chi connectivity index (χ4v) is 3.32. The lowest BCUT2D eigenvalue weighted by atomic mass is 10.1. The molecular formula is C21H32N4O2. The molecule has 0 radical (unpaired) electrons. The number of unbranched alkanes of at least 4 members (excludes halogenated alkanes) is 7. The monoisotopic (exact) mass is 372 g/mol. The van der Waals surface area contributed by atoms with E-state index in [-0.39, 0.29) is 5.82 Å². The van der Waals surface area contributed by atoms with Gasteiger partial charge in [0.2, 0.25) is 0 Å². The standard InChI is InChI=1S/C21H32N4O2/c1-3-4-5-6-7-8-9-10-15-25-19(18(21(23)26)20(22)24-25)16-11-13-17(27-2)14-12-16/h11-14H,3-10,15H2,1-2H3,(H2,22,24)(H2,23,26). The Bertz CT molecular complexity index is 723. The van der Waals surface area contributed by atoms with E-state index >= 15 is 0 Å². The second-order valence-corrected chi connectivity index (χ2v) is 6.90. The number of hydrogen-bond acceptors (Lipinski definition) is 4. The molecular weight excluding hydrogens is 340 g/mol. The molecule has 6 heteroatoms. The number of carbonyl (C=O) groups is 1. The Labute approximate surface area is 161 Å². The Morgan fingerprint density at radius 2 is 1.63 bits per heavy atom. The summed E-state index contributed by atoms with van der Waals surface area (Å²) in [6.07, 6.45) is 9.88. The number of aryl methyl sites for hydroxylation is 1. The van der Waals surface area contributed by atoms with Gasteiger partial charge in [0.15, 0.2) is 5.82 Å². The van der Waals surface area contributed by atoms with Crippen molar-refractivity contribution < 1.29 is 9.53 Å². The molecule has 0 spiro atoms. The second kappa shape index (κ2) is 10.6. The van der Waals surface area contributed by atoms with Gasteiger partial charge in [0.25, 0.3) is 5.91 Å². The maximum absolute atomic E-state index is 11.9. The highest BCUT2D eigenvalue weighted by Gasteiger charge is 2.21. The molecule has 0 saturated heterocycles. The minimum absolute atomic E-state index is 0.188. The SMILES string of the molecule is CCCCCCCCCCn1nc(N)c(C(N)=O)c1-c1ccc(OC)cc1. The van der Waals surface area contributed by atoms with E-state index in [4.69, 9.17) is 16.2 Å². The van der Waals surface area contributed by atoms with Crippen LogP contribution in [-0.2, 0) is 6.54 Å². The van der Waals surface area contributed by atoms with E-state index in [9.17, 15) is 4.79 Å². The predicted octanol–water partition coefficient (Wildman–Crippen LogP) is 4.38. The van der Waals surface area contributed by atoms with Crippen LogP contribution in [0.5, 0.6) is 5.75 Å². The number of aromatic nitrogens is 2. The second-order valence-electron chi connectivity index (χ2n) is 6.90. The van der Waals surface area contributed by atoms with Crippen molar-refractivity contribution in [2.75, 3.05) is 12.8 Å². The number of nitrogen functional groups attached to an aromatic ring is 1. The van der Waals surface area contributed by atoms with E-state index in [1.54, 1.807) is 7.11 Å². The predicted molar refractivity (Wildman–Crippen MR) is 110 cm³/mol. The third-order valence-electron chi connectivity index (χ3n) is 4.81. The first kappa shape index (κ1) is 20.8. The zero-order valence-corrected chi connectivity index (χ0v) is 16.5. The van der Waals surface area contributed by atoms with Crippen LogP contribution >= 0.6 is 0 Å². The molecule has 0 atom stereocenters. The molecule has 1 amide bonds. The number of nitrogens with two attached hydrogens (primary N) is 2. The summed E-state index contributed by atoms with van der Waals surface area (Å²) in [5.41, 5.74) is 13.4. The Kier molecular flexibility index (Phi) is 8.17. The summed E-state index contributed by atoms with van der Waals surface area (Å²) in [5.74, 6) is 0.384. The minimum Gasteiger partial charge on any atom is -0.497 e. The van der Waals surface area contributed by atoms with Crippen LogP contribution in [0.3, 0.4) is 0 Å². The van der Waals surface area contributed by atoms with Gasteiger partial charge in [0, 0.05) is 12.1 Å². The summed E-state index contributed by atoms with van der Waals surface area (Å²) in [6.45, 7) is 2.95. The lowest BCUT2D eigenvalue weighted by Crippen LogP contribution is -2.14. The lowest BCUT2D eigenvalue weighted by Gasteiger charge is -2.10. The van der Waals surface area contributed by atoms with Crippen molar-refractivity contribution in [3.05, 3.63) is 29.8 Å². The third kappa shape index (κ3) is 5.74. The number of nitrogens with zero attached hydrogens (tertiary/aromatic N) is 2. The Morgan fingerprint density at radius 3 is 2.19 bits per heavy atom. The van der Waals surface area contributed by atoms with Crippen LogP contribution in [0.2, 0.25) is 0 Å². The highest BCUT2D eigenvalue weighted by atomic mass is 16.5. The number of ether oxygens (including phenoxy) is 1. The first-order valence-electron chi connectivity index (χ1n) is 9.89. The Morgan fingerprint density at radius 1 is 1.04 bits per heavy atom. The molecule has 1 aromatic carbocycles. The summed E-state index contributed by atoms with van der Waals surface area (Å²) in [5, 5.41) is 4.37. The zero-order chi connectivity index (χ0) is 19.6. The molecule has 2 aromatic rings. The molecule has 0 unspecified atom stereocenters. The number of carbonyl (C=O) groups excluding carboxylic acids is 1. The molecule has 2 rings (SSSR count).